The maximum atomic E-state index is 5.66. The van der Waals surface area contributed by atoms with Gasteiger partial charge in [0.15, 0.2) is 0 Å². The van der Waals surface area contributed by atoms with Gasteiger partial charge in [0.2, 0.25) is 0 Å². The molecule has 18 heavy (non-hydrogen) atoms. The predicted molar refractivity (Wildman–Crippen MR) is 78.1 cm³/mol. The molecule has 0 amide bonds. The minimum atomic E-state index is 0.186. The fourth-order valence-electron chi connectivity index (χ4n) is 2.16. The van der Waals surface area contributed by atoms with E-state index in [1.807, 2.05) is 6.92 Å². The second-order valence-electron chi connectivity index (χ2n) is 4.82. The van der Waals surface area contributed by atoms with Crippen LogP contribution in [0.3, 0.4) is 0 Å². The second kappa shape index (κ2) is 5.80. The third kappa shape index (κ3) is 2.97. The Kier molecular flexibility index (Phi) is 4.13. The Morgan fingerprint density at radius 3 is 2.61 bits per heavy atom. The van der Waals surface area contributed by atoms with E-state index in [0.717, 1.165) is 12.8 Å². The highest BCUT2D eigenvalue weighted by Gasteiger charge is 2.09. The van der Waals surface area contributed by atoms with E-state index in [9.17, 15) is 0 Å². The number of nitrogens with two attached hydrogens (primary N) is 1. The van der Waals surface area contributed by atoms with E-state index in [0.29, 0.717) is 0 Å². The maximum absolute atomic E-state index is 5.66. The van der Waals surface area contributed by atoms with E-state index in [2.05, 4.69) is 54.5 Å². The highest BCUT2D eigenvalue weighted by atomic mass is 15.2. The summed E-state index contributed by atoms with van der Waals surface area (Å²) in [4.78, 5) is 0. The average Bonchev–Trinajstić information content (AvgIpc) is 2.39. The molecular formula is C16H20N2. The summed E-state index contributed by atoms with van der Waals surface area (Å²) in [6, 6.07) is 15.1. The van der Waals surface area contributed by atoms with Crippen LogP contribution in [0.15, 0.2) is 54.6 Å². The topological polar surface area (TPSA) is 38.0 Å². The first kappa shape index (κ1) is 12.8. The molecule has 0 saturated carbocycles. The Labute approximate surface area is 108 Å². The molecule has 0 aromatic heterocycles. The van der Waals surface area contributed by atoms with Crippen LogP contribution in [0.5, 0.6) is 0 Å². The zero-order valence-electron chi connectivity index (χ0n) is 10.8. The molecule has 0 spiro atoms. The molecule has 2 aromatic carbocycles. The first-order valence-electron chi connectivity index (χ1n) is 6.30. The van der Waals surface area contributed by atoms with Gasteiger partial charge in [-0.3, -0.25) is 11.3 Å². The van der Waals surface area contributed by atoms with Crippen LogP contribution in [0.2, 0.25) is 0 Å². The van der Waals surface area contributed by atoms with Crippen molar-refractivity contribution in [2.45, 2.75) is 25.8 Å². The smallest absolute Gasteiger partial charge is 0.0463 e. The number of fused-ring (bicyclic) bond motifs is 1. The lowest BCUT2D eigenvalue weighted by atomic mass is 9.98. The molecule has 0 aliphatic carbocycles. The van der Waals surface area contributed by atoms with Gasteiger partial charge in [-0.05, 0) is 42.2 Å². The number of hydrazine groups is 1. The molecular weight excluding hydrogens is 220 g/mol. The molecule has 2 heteroatoms. The minimum absolute atomic E-state index is 0.186. The van der Waals surface area contributed by atoms with Crippen molar-refractivity contribution in [2.75, 3.05) is 0 Å². The van der Waals surface area contributed by atoms with Crippen LogP contribution in [0.25, 0.3) is 10.8 Å². The molecule has 0 fully saturated rings. The van der Waals surface area contributed by atoms with Crippen molar-refractivity contribution in [1.82, 2.24) is 5.43 Å². The lowest BCUT2D eigenvalue weighted by Crippen LogP contribution is -2.28. The molecule has 0 aliphatic heterocycles. The molecule has 94 valence electrons. The van der Waals surface area contributed by atoms with Crippen molar-refractivity contribution >= 4 is 10.8 Å². The van der Waals surface area contributed by atoms with Gasteiger partial charge in [0.1, 0.15) is 0 Å². The average molecular weight is 240 g/mol. The molecule has 0 heterocycles. The van der Waals surface area contributed by atoms with Crippen LogP contribution in [0.1, 0.15) is 31.4 Å². The summed E-state index contributed by atoms with van der Waals surface area (Å²) >= 11 is 0. The molecule has 0 aliphatic rings. The van der Waals surface area contributed by atoms with Gasteiger partial charge in [0.25, 0.3) is 0 Å². The SMILES string of the molecule is C=C(C)CCC(NN)c1ccc2ccccc2c1. The van der Waals surface area contributed by atoms with E-state index in [4.69, 9.17) is 5.84 Å². The molecule has 3 N–H and O–H groups in total. The van der Waals surface area contributed by atoms with Crippen LogP contribution in [0.4, 0.5) is 0 Å². The summed E-state index contributed by atoms with van der Waals surface area (Å²) < 4.78 is 0. The van der Waals surface area contributed by atoms with Gasteiger partial charge < -0.3 is 0 Å². The molecule has 2 nitrogen and oxygen atoms in total. The molecule has 1 unspecified atom stereocenters. The molecule has 0 saturated heterocycles. The second-order valence-corrected chi connectivity index (χ2v) is 4.82. The Morgan fingerprint density at radius 1 is 1.22 bits per heavy atom. The van der Waals surface area contributed by atoms with E-state index < -0.39 is 0 Å². The Bertz CT molecular complexity index is 546. The van der Waals surface area contributed by atoms with Crippen LogP contribution >= 0.6 is 0 Å². The zero-order valence-corrected chi connectivity index (χ0v) is 10.8. The van der Waals surface area contributed by atoms with E-state index >= 15 is 0 Å². The normalized spacial score (nSPS) is 12.6. The summed E-state index contributed by atoms with van der Waals surface area (Å²) in [7, 11) is 0. The van der Waals surface area contributed by atoms with Crippen LogP contribution in [-0.4, -0.2) is 0 Å². The molecule has 2 rings (SSSR count). The number of allylic oxidation sites excluding steroid dienone is 1. The highest BCUT2D eigenvalue weighted by Crippen LogP contribution is 2.23. The Balaban J connectivity index is 2.24. The van der Waals surface area contributed by atoms with Gasteiger partial charge >= 0.3 is 0 Å². The van der Waals surface area contributed by atoms with Gasteiger partial charge in [-0.2, -0.15) is 0 Å². The van der Waals surface area contributed by atoms with Gasteiger partial charge in [-0.25, -0.2) is 0 Å². The Morgan fingerprint density at radius 2 is 1.94 bits per heavy atom. The van der Waals surface area contributed by atoms with Crippen molar-refractivity contribution in [2.24, 2.45) is 5.84 Å². The molecule has 1 atom stereocenters. The summed E-state index contributed by atoms with van der Waals surface area (Å²) in [6.45, 7) is 5.99. The van der Waals surface area contributed by atoms with Crippen LogP contribution in [-0.2, 0) is 0 Å². The van der Waals surface area contributed by atoms with E-state index in [1.165, 1.54) is 21.9 Å². The van der Waals surface area contributed by atoms with Gasteiger partial charge in [0.05, 0.1) is 0 Å². The third-order valence-corrected chi connectivity index (χ3v) is 3.24. The lowest BCUT2D eigenvalue weighted by molar-refractivity contribution is 0.516. The molecule has 0 bridgehead atoms. The van der Waals surface area contributed by atoms with E-state index in [1.54, 1.807) is 0 Å². The minimum Gasteiger partial charge on any atom is -0.271 e. The standard InChI is InChI=1S/C16H20N2/c1-12(2)7-10-16(18-17)15-9-8-13-5-3-4-6-14(13)11-15/h3-6,8-9,11,16,18H,1,7,10,17H2,2H3. The number of rotatable bonds is 5. The Hall–Kier alpha value is -1.64. The van der Waals surface area contributed by atoms with Crippen molar-refractivity contribution in [3.63, 3.8) is 0 Å². The van der Waals surface area contributed by atoms with Gasteiger partial charge in [-0.1, -0.05) is 42.0 Å². The van der Waals surface area contributed by atoms with Gasteiger partial charge in [0, 0.05) is 6.04 Å². The van der Waals surface area contributed by atoms with E-state index in [-0.39, 0.29) is 6.04 Å². The third-order valence-electron chi connectivity index (χ3n) is 3.24. The number of hydrogen-bond donors (Lipinski definition) is 2. The van der Waals surface area contributed by atoms with Crippen LogP contribution in [0, 0.1) is 0 Å². The summed E-state index contributed by atoms with van der Waals surface area (Å²) in [5, 5.41) is 2.52. The van der Waals surface area contributed by atoms with Crippen molar-refractivity contribution in [1.29, 1.82) is 0 Å². The van der Waals surface area contributed by atoms with Crippen molar-refractivity contribution in [3.8, 4) is 0 Å². The number of benzene rings is 2. The van der Waals surface area contributed by atoms with Crippen molar-refractivity contribution in [3.05, 3.63) is 60.2 Å². The highest BCUT2D eigenvalue weighted by molar-refractivity contribution is 5.83. The molecule has 2 aromatic rings. The first-order valence-corrected chi connectivity index (χ1v) is 6.30. The lowest BCUT2D eigenvalue weighted by Gasteiger charge is -2.17. The number of hydrogen-bond acceptors (Lipinski definition) is 2. The first-order chi connectivity index (χ1) is 8.70. The quantitative estimate of drug-likeness (QED) is 0.475. The fraction of sp³-hybridized carbons (Fsp3) is 0.250. The number of nitrogens with one attached hydrogen (secondary N) is 1. The summed E-state index contributed by atoms with van der Waals surface area (Å²) in [6.07, 6.45) is 1.96. The monoisotopic (exact) mass is 240 g/mol. The van der Waals surface area contributed by atoms with Crippen molar-refractivity contribution < 1.29 is 0 Å². The predicted octanol–water partition coefficient (Wildman–Crippen LogP) is 3.70. The summed E-state index contributed by atoms with van der Waals surface area (Å²) in [5.74, 6) is 5.66. The summed E-state index contributed by atoms with van der Waals surface area (Å²) in [5.41, 5.74) is 5.32. The van der Waals surface area contributed by atoms with Crippen LogP contribution < -0.4 is 11.3 Å². The molecule has 0 radical (unpaired) electrons. The fourth-order valence-corrected chi connectivity index (χ4v) is 2.16. The zero-order chi connectivity index (χ0) is 13.0. The largest absolute Gasteiger partial charge is 0.271 e. The van der Waals surface area contributed by atoms with Gasteiger partial charge in [-0.15, -0.1) is 6.58 Å². The maximum Gasteiger partial charge on any atom is 0.0463 e.